The third-order valence-electron chi connectivity index (χ3n) is 2.12. The molecule has 4 nitrogen and oxygen atoms in total. The Morgan fingerprint density at radius 1 is 1.06 bits per heavy atom. The van der Waals surface area contributed by atoms with Gasteiger partial charge in [-0.15, -0.1) is 0 Å². The fraction of sp³-hybridized carbons (Fsp3) is 0.923. The van der Waals surface area contributed by atoms with E-state index in [1.54, 1.807) is 0 Å². The van der Waals surface area contributed by atoms with Crippen molar-refractivity contribution >= 4 is 17.7 Å². The summed E-state index contributed by atoms with van der Waals surface area (Å²) in [6.45, 7) is 11.2. The van der Waals surface area contributed by atoms with Gasteiger partial charge in [0.05, 0.1) is 26.4 Å². The molecule has 0 bridgehead atoms. The summed E-state index contributed by atoms with van der Waals surface area (Å²) in [5, 5.41) is 3.46. The Bertz CT molecular complexity index is 210. The Morgan fingerprint density at radius 2 is 1.67 bits per heavy atom. The molecular formula is C13H27NO3S. The Morgan fingerprint density at radius 3 is 2.22 bits per heavy atom. The summed E-state index contributed by atoms with van der Waals surface area (Å²) >= 11 is 1.90. The topological polar surface area (TPSA) is 47.6 Å². The van der Waals surface area contributed by atoms with Crippen LogP contribution in [-0.2, 0) is 14.3 Å². The van der Waals surface area contributed by atoms with Crippen LogP contribution in [0.3, 0.4) is 0 Å². The van der Waals surface area contributed by atoms with Crippen molar-refractivity contribution in [1.82, 2.24) is 5.32 Å². The Kier molecular flexibility index (Phi) is 11.6. The molecule has 0 heterocycles. The summed E-state index contributed by atoms with van der Waals surface area (Å²) in [7, 11) is 0. The summed E-state index contributed by atoms with van der Waals surface area (Å²) in [6.07, 6.45) is 0. The molecule has 0 fully saturated rings. The number of carbonyl (C=O) groups excluding carboxylic acids is 1. The fourth-order valence-electron chi connectivity index (χ4n) is 1.12. The average Bonchev–Trinajstić information content (AvgIpc) is 2.30. The van der Waals surface area contributed by atoms with E-state index in [4.69, 9.17) is 9.47 Å². The monoisotopic (exact) mass is 277 g/mol. The molecule has 0 spiro atoms. The molecule has 5 heteroatoms. The van der Waals surface area contributed by atoms with Crippen LogP contribution in [-0.4, -0.2) is 49.9 Å². The maximum absolute atomic E-state index is 11.2. The third-order valence-corrected chi connectivity index (χ3v) is 3.19. The van der Waals surface area contributed by atoms with Crippen molar-refractivity contribution in [3.63, 3.8) is 0 Å². The van der Waals surface area contributed by atoms with Crippen molar-refractivity contribution < 1.29 is 14.3 Å². The SMILES string of the molecule is CC(C)SCCOCCOCCNC(=O)C(C)C. The van der Waals surface area contributed by atoms with E-state index in [0.29, 0.717) is 31.6 Å². The number of amides is 1. The second-order valence-electron chi connectivity index (χ2n) is 4.59. The fourth-order valence-corrected chi connectivity index (χ4v) is 1.80. The van der Waals surface area contributed by atoms with Gasteiger partial charge in [0.1, 0.15) is 0 Å². The van der Waals surface area contributed by atoms with Gasteiger partial charge in [-0.25, -0.2) is 0 Å². The Balaban J connectivity index is 3.10. The smallest absolute Gasteiger partial charge is 0.222 e. The van der Waals surface area contributed by atoms with E-state index >= 15 is 0 Å². The van der Waals surface area contributed by atoms with Gasteiger partial charge in [0.25, 0.3) is 0 Å². The molecule has 0 aromatic heterocycles. The highest BCUT2D eigenvalue weighted by molar-refractivity contribution is 7.99. The number of hydrogen-bond donors (Lipinski definition) is 1. The molecule has 0 rings (SSSR count). The summed E-state index contributed by atoms with van der Waals surface area (Å²) < 4.78 is 10.8. The van der Waals surface area contributed by atoms with E-state index in [1.165, 1.54) is 0 Å². The van der Waals surface area contributed by atoms with Crippen molar-refractivity contribution in [2.45, 2.75) is 32.9 Å². The Hall–Kier alpha value is -0.260. The van der Waals surface area contributed by atoms with Gasteiger partial charge in [-0.3, -0.25) is 4.79 Å². The maximum Gasteiger partial charge on any atom is 0.222 e. The van der Waals surface area contributed by atoms with Crippen LogP contribution in [0, 0.1) is 5.92 Å². The third kappa shape index (κ3) is 12.2. The summed E-state index contributed by atoms with van der Waals surface area (Å²) in [6, 6.07) is 0. The van der Waals surface area contributed by atoms with E-state index in [2.05, 4.69) is 19.2 Å². The number of nitrogens with one attached hydrogen (secondary N) is 1. The van der Waals surface area contributed by atoms with Crippen LogP contribution in [0.15, 0.2) is 0 Å². The van der Waals surface area contributed by atoms with Gasteiger partial charge in [-0.1, -0.05) is 27.7 Å². The van der Waals surface area contributed by atoms with Gasteiger partial charge in [-0.2, -0.15) is 11.8 Å². The average molecular weight is 277 g/mol. The largest absolute Gasteiger partial charge is 0.378 e. The van der Waals surface area contributed by atoms with Gasteiger partial charge in [0.15, 0.2) is 0 Å². The van der Waals surface area contributed by atoms with Crippen LogP contribution >= 0.6 is 11.8 Å². The van der Waals surface area contributed by atoms with E-state index in [1.807, 2.05) is 25.6 Å². The first-order chi connectivity index (χ1) is 8.54. The van der Waals surface area contributed by atoms with Crippen LogP contribution in [0.1, 0.15) is 27.7 Å². The highest BCUT2D eigenvalue weighted by atomic mass is 32.2. The molecule has 0 aliphatic heterocycles. The molecule has 108 valence electrons. The summed E-state index contributed by atoms with van der Waals surface area (Å²) in [5.74, 6) is 1.13. The minimum atomic E-state index is 0.0341. The molecule has 0 aromatic carbocycles. The highest BCUT2D eigenvalue weighted by Crippen LogP contribution is 2.07. The minimum absolute atomic E-state index is 0.0341. The first kappa shape index (κ1) is 17.7. The van der Waals surface area contributed by atoms with Crippen molar-refractivity contribution in [3.8, 4) is 0 Å². The molecular weight excluding hydrogens is 250 g/mol. The second-order valence-corrected chi connectivity index (χ2v) is 6.27. The van der Waals surface area contributed by atoms with Crippen molar-refractivity contribution in [2.24, 2.45) is 5.92 Å². The molecule has 0 aliphatic carbocycles. The zero-order valence-corrected chi connectivity index (χ0v) is 12.8. The minimum Gasteiger partial charge on any atom is -0.378 e. The maximum atomic E-state index is 11.2. The van der Waals surface area contributed by atoms with Crippen LogP contribution in [0.2, 0.25) is 0 Å². The van der Waals surface area contributed by atoms with E-state index in [0.717, 1.165) is 12.4 Å². The van der Waals surface area contributed by atoms with Gasteiger partial charge < -0.3 is 14.8 Å². The van der Waals surface area contributed by atoms with Crippen molar-refractivity contribution in [2.75, 3.05) is 38.7 Å². The molecule has 0 radical (unpaired) electrons. The van der Waals surface area contributed by atoms with E-state index in [9.17, 15) is 4.79 Å². The molecule has 0 atom stereocenters. The van der Waals surface area contributed by atoms with Crippen LogP contribution in [0.25, 0.3) is 0 Å². The predicted molar refractivity (Wildman–Crippen MR) is 77.1 cm³/mol. The lowest BCUT2D eigenvalue weighted by Gasteiger charge is -2.09. The molecule has 0 saturated carbocycles. The molecule has 0 saturated heterocycles. The zero-order valence-electron chi connectivity index (χ0n) is 12.0. The predicted octanol–water partition coefficient (Wildman–Crippen LogP) is 1.93. The molecule has 18 heavy (non-hydrogen) atoms. The molecule has 0 aliphatic rings. The first-order valence-corrected chi connectivity index (χ1v) is 7.63. The normalized spacial score (nSPS) is 11.2. The molecule has 1 N–H and O–H groups in total. The summed E-state index contributed by atoms with van der Waals surface area (Å²) in [5.41, 5.74) is 0. The van der Waals surface area contributed by atoms with E-state index in [-0.39, 0.29) is 11.8 Å². The van der Waals surface area contributed by atoms with Gasteiger partial charge in [0, 0.05) is 18.2 Å². The molecule has 0 unspecified atom stereocenters. The van der Waals surface area contributed by atoms with Crippen LogP contribution in [0.5, 0.6) is 0 Å². The number of carbonyl (C=O) groups is 1. The summed E-state index contributed by atoms with van der Waals surface area (Å²) in [4.78, 5) is 11.2. The van der Waals surface area contributed by atoms with Crippen LogP contribution in [0.4, 0.5) is 0 Å². The lowest BCUT2D eigenvalue weighted by Crippen LogP contribution is -2.31. The van der Waals surface area contributed by atoms with Gasteiger partial charge in [0.2, 0.25) is 5.91 Å². The van der Waals surface area contributed by atoms with Crippen molar-refractivity contribution in [1.29, 1.82) is 0 Å². The van der Waals surface area contributed by atoms with Crippen molar-refractivity contribution in [3.05, 3.63) is 0 Å². The quantitative estimate of drug-likeness (QED) is 0.586. The Labute approximate surface area is 115 Å². The number of hydrogen-bond acceptors (Lipinski definition) is 4. The van der Waals surface area contributed by atoms with Crippen LogP contribution < -0.4 is 5.32 Å². The zero-order chi connectivity index (χ0) is 13.8. The number of rotatable bonds is 11. The lowest BCUT2D eigenvalue weighted by molar-refractivity contribution is -0.124. The number of ether oxygens (including phenoxy) is 2. The van der Waals surface area contributed by atoms with Gasteiger partial charge >= 0.3 is 0 Å². The molecule has 1 amide bonds. The standard InChI is InChI=1S/C13H27NO3S/c1-11(2)13(15)14-5-6-16-7-8-17-9-10-18-12(3)4/h11-12H,5-10H2,1-4H3,(H,14,15). The first-order valence-electron chi connectivity index (χ1n) is 6.58. The lowest BCUT2D eigenvalue weighted by atomic mass is 10.2. The number of thioether (sulfide) groups is 1. The van der Waals surface area contributed by atoms with E-state index < -0.39 is 0 Å². The molecule has 0 aromatic rings. The second kappa shape index (κ2) is 11.8. The van der Waals surface area contributed by atoms with Gasteiger partial charge in [-0.05, 0) is 5.25 Å². The highest BCUT2D eigenvalue weighted by Gasteiger charge is 2.04.